The van der Waals surface area contributed by atoms with Gasteiger partial charge in [0.15, 0.2) is 28.4 Å². The number of halogens is 3. The lowest BCUT2D eigenvalue weighted by atomic mass is 10.2. The number of carbonyl (C=O) groups is 2. The number of nitrogens with zero attached hydrogens (tertiary/aromatic N) is 4. The van der Waals surface area contributed by atoms with Gasteiger partial charge in [0.1, 0.15) is 0 Å². The van der Waals surface area contributed by atoms with Crippen molar-refractivity contribution in [1.82, 2.24) is 25.1 Å². The Balaban J connectivity index is 1.36. The molecule has 2 amide bonds. The highest BCUT2D eigenvalue weighted by atomic mass is 32.2. The molecule has 0 spiro atoms. The minimum atomic E-state index is -1.69. The van der Waals surface area contributed by atoms with Crippen molar-refractivity contribution >= 4 is 29.3 Å². The summed E-state index contributed by atoms with van der Waals surface area (Å²) in [4.78, 5) is 28.6. The molecule has 172 valence electrons. The molecule has 0 saturated heterocycles. The summed E-state index contributed by atoms with van der Waals surface area (Å²) in [5, 5.41) is 13.0. The zero-order chi connectivity index (χ0) is 23.5. The van der Waals surface area contributed by atoms with Crippen molar-refractivity contribution in [3.8, 4) is 11.4 Å². The van der Waals surface area contributed by atoms with Crippen molar-refractivity contribution in [1.29, 1.82) is 0 Å². The van der Waals surface area contributed by atoms with Crippen LogP contribution >= 0.6 is 11.8 Å². The molecule has 0 radical (unpaired) electrons. The molecule has 1 aromatic carbocycles. The Morgan fingerprint density at radius 1 is 1.18 bits per heavy atom. The Morgan fingerprint density at radius 3 is 2.67 bits per heavy atom. The molecular formula is C21H19F3N6O2S. The number of hydrogen-bond donors (Lipinski definition) is 2. The summed E-state index contributed by atoms with van der Waals surface area (Å²) in [6.45, 7) is 1.18. The molecule has 2 heterocycles. The van der Waals surface area contributed by atoms with Crippen LogP contribution in [0.4, 0.5) is 18.9 Å². The largest absolute Gasteiger partial charge is 0.346 e. The second-order valence-electron chi connectivity index (χ2n) is 7.40. The molecule has 1 saturated carbocycles. The van der Waals surface area contributed by atoms with Gasteiger partial charge in [-0.2, -0.15) is 0 Å². The lowest BCUT2D eigenvalue weighted by Crippen LogP contribution is -2.37. The van der Waals surface area contributed by atoms with Crippen LogP contribution in [0.5, 0.6) is 0 Å². The maximum absolute atomic E-state index is 13.7. The highest BCUT2D eigenvalue weighted by Gasteiger charge is 2.31. The summed E-state index contributed by atoms with van der Waals surface area (Å²) < 4.78 is 42.0. The smallest absolute Gasteiger partial charge is 0.243 e. The highest BCUT2D eigenvalue weighted by Crippen LogP contribution is 2.41. The van der Waals surface area contributed by atoms with Gasteiger partial charge in [-0.1, -0.05) is 11.8 Å². The van der Waals surface area contributed by atoms with E-state index >= 15 is 0 Å². The zero-order valence-electron chi connectivity index (χ0n) is 17.4. The second kappa shape index (κ2) is 9.61. The summed E-state index contributed by atoms with van der Waals surface area (Å²) in [6.07, 6.45) is 5.34. The normalized spacial score (nSPS) is 14.1. The maximum atomic E-state index is 13.7. The van der Waals surface area contributed by atoms with Crippen molar-refractivity contribution in [3.63, 3.8) is 0 Å². The molecule has 1 aliphatic carbocycles. The van der Waals surface area contributed by atoms with Crippen LogP contribution in [0.15, 0.2) is 41.8 Å². The third-order valence-corrected chi connectivity index (χ3v) is 5.94. The number of hydrogen-bond acceptors (Lipinski definition) is 6. The summed E-state index contributed by atoms with van der Waals surface area (Å²) in [6, 6.07) is 5.54. The van der Waals surface area contributed by atoms with Gasteiger partial charge in [0.25, 0.3) is 0 Å². The van der Waals surface area contributed by atoms with E-state index in [1.54, 1.807) is 25.4 Å². The lowest BCUT2D eigenvalue weighted by Gasteiger charge is -2.13. The molecule has 1 aliphatic rings. The first-order valence-corrected chi connectivity index (χ1v) is 11.0. The number of aromatic nitrogens is 4. The first-order chi connectivity index (χ1) is 15.8. The maximum Gasteiger partial charge on any atom is 0.243 e. The van der Waals surface area contributed by atoms with Crippen LogP contribution in [0.3, 0.4) is 0 Å². The average molecular weight is 476 g/mol. The minimum Gasteiger partial charge on any atom is -0.346 e. The number of amides is 2. The van der Waals surface area contributed by atoms with Crippen molar-refractivity contribution in [2.45, 2.75) is 36.2 Å². The first kappa shape index (κ1) is 22.8. The molecule has 2 N–H and O–H groups in total. The average Bonchev–Trinajstić information content (AvgIpc) is 3.58. The Bertz CT molecular complexity index is 1190. The second-order valence-corrected chi connectivity index (χ2v) is 8.71. The van der Waals surface area contributed by atoms with E-state index in [4.69, 9.17) is 0 Å². The van der Waals surface area contributed by atoms with Crippen molar-refractivity contribution in [3.05, 3.63) is 54.1 Å². The van der Waals surface area contributed by atoms with Gasteiger partial charge in [0, 0.05) is 24.0 Å². The molecule has 1 fully saturated rings. The van der Waals surface area contributed by atoms with E-state index in [0.717, 1.165) is 24.5 Å². The van der Waals surface area contributed by atoms with E-state index < -0.39 is 46.7 Å². The van der Waals surface area contributed by atoms with E-state index in [-0.39, 0.29) is 6.04 Å². The highest BCUT2D eigenvalue weighted by molar-refractivity contribution is 8.00. The molecule has 1 atom stereocenters. The number of anilines is 1. The molecule has 4 rings (SSSR count). The fourth-order valence-corrected chi connectivity index (χ4v) is 3.99. The molecule has 12 heteroatoms. The summed E-state index contributed by atoms with van der Waals surface area (Å²) >= 11 is 1.20. The fourth-order valence-electron chi connectivity index (χ4n) is 3.05. The molecule has 1 unspecified atom stereocenters. The molecule has 2 aromatic heterocycles. The SMILES string of the molecule is CC(Sc1nnc(-c2cccnc2)n1C1CC1)C(=O)NCC(=O)Nc1ccc(F)c(F)c1F. The summed E-state index contributed by atoms with van der Waals surface area (Å²) in [7, 11) is 0. The summed E-state index contributed by atoms with van der Waals surface area (Å²) in [5.41, 5.74) is 0.304. The van der Waals surface area contributed by atoms with Crippen LogP contribution in [0, 0.1) is 17.5 Å². The molecule has 3 aromatic rings. The molecule has 8 nitrogen and oxygen atoms in total. The van der Waals surface area contributed by atoms with E-state index in [2.05, 4.69) is 25.8 Å². The van der Waals surface area contributed by atoms with Gasteiger partial charge in [-0.3, -0.25) is 19.1 Å². The molecule has 33 heavy (non-hydrogen) atoms. The van der Waals surface area contributed by atoms with Crippen LogP contribution in [-0.2, 0) is 9.59 Å². The monoisotopic (exact) mass is 476 g/mol. The Kier molecular flexibility index (Phi) is 6.63. The van der Waals surface area contributed by atoms with Crippen LogP contribution in [0.2, 0.25) is 0 Å². The van der Waals surface area contributed by atoms with Crippen LogP contribution in [0.25, 0.3) is 11.4 Å². The van der Waals surface area contributed by atoms with Gasteiger partial charge in [-0.25, -0.2) is 13.2 Å². The van der Waals surface area contributed by atoms with E-state index in [0.29, 0.717) is 17.0 Å². The Morgan fingerprint density at radius 2 is 1.97 bits per heavy atom. The number of thioether (sulfide) groups is 1. The van der Waals surface area contributed by atoms with Gasteiger partial charge in [-0.05, 0) is 44.0 Å². The lowest BCUT2D eigenvalue weighted by molar-refractivity contribution is -0.123. The minimum absolute atomic E-state index is 0.254. The Labute approximate surface area is 191 Å². The zero-order valence-corrected chi connectivity index (χ0v) is 18.2. The van der Waals surface area contributed by atoms with Crippen LogP contribution in [-0.4, -0.2) is 43.4 Å². The number of pyridine rings is 1. The molecule has 0 bridgehead atoms. The number of carbonyl (C=O) groups excluding carboxylic acids is 2. The predicted molar refractivity (Wildman–Crippen MR) is 115 cm³/mol. The quantitative estimate of drug-likeness (QED) is 0.382. The van der Waals surface area contributed by atoms with Crippen molar-refractivity contribution < 1.29 is 22.8 Å². The van der Waals surface area contributed by atoms with Crippen LogP contribution < -0.4 is 10.6 Å². The van der Waals surface area contributed by atoms with Gasteiger partial charge < -0.3 is 10.6 Å². The topological polar surface area (TPSA) is 102 Å². The third kappa shape index (κ3) is 5.16. The summed E-state index contributed by atoms with van der Waals surface area (Å²) in [5.74, 6) is -5.13. The van der Waals surface area contributed by atoms with E-state index in [9.17, 15) is 22.8 Å². The fraction of sp³-hybridized carbons (Fsp3) is 0.286. The molecule has 0 aliphatic heterocycles. The number of benzene rings is 1. The van der Waals surface area contributed by atoms with Crippen LogP contribution in [0.1, 0.15) is 25.8 Å². The van der Waals surface area contributed by atoms with Gasteiger partial charge in [0.2, 0.25) is 11.8 Å². The Hall–Kier alpha value is -3.41. The van der Waals surface area contributed by atoms with Gasteiger partial charge in [0.05, 0.1) is 17.5 Å². The van der Waals surface area contributed by atoms with Gasteiger partial charge in [-0.15, -0.1) is 10.2 Å². The van der Waals surface area contributed by atoms with E-state index in [1.165, 1.54) is 11.8 Å². The number of rotatable bonds is 8. The predicted octanol–water partition coefficient (Wildman–Crippen LogP) is 3.33. The van der Waals surface area contributed by atoms with Crippen molar-refractivity contribution in [2.75, 3.05) is 11.9 Å². The van der Waals surface area contributed by atoms with Gasteiger partial charge >= 0.3 is 0 Å². The third-order valence-electron chi connectivity index (χ3n) is 4.88. The van der Waals surface area contributed by atoms with Crippen molar-refractivity contribution in [2.24, 2.45) is 0 Å². The molecular weight excluding hydrogens is 457 g/mol. The van der Waals surface area contributed by atoms with E-state index in [1.807, 2.05) is 10.6 Å². The first-order valence-electron chi connectivity index (χ1n) is 10.1. The number of nitrogens with one attached hydrogen (secondary N) is 2. The standard InChI is InChI=1S/C21H19F3N6O2S/c1-11(20(32)26-10-16(31)27-15-7-6-14(22)17(23)18(15)24)33-21-29-28-19(30(21)13-4-5-13)12-3-2-8-25-9-12/h2-3,6-9,11,13H,4-5,10H2,1H3,(H,26,32)(H,27,31).